The summed E-state index contributed by atoms with van der Waals surface area (Å²) in [5, 5.41) is 6.42. The molecule has 0 radical (unpaired) electrons. The smallest absolute Gasteiger partial charge is 0.0840 e. The second-order valence-electron chi connectivity index (χ2n) is 4.32. The molecule has 2 rings (SSSR count). The zero-order chi connectivity index (χ0) is 13.0. The van der Waals surface area contributed by atoms with E-state index in [0.29, 0.717) is 0 Å². The molecule has 0 spiro atoms. The summed E-state index contributed by atoms with van der Waals surface area (Å²) in [6.45, 7) is 8.74. The van der Waals surface area contributed by atoms with Gasteiger partial charge in [0.2, 0.25) is 0 Å². The van der Waals surface area contributed by atoms with Crippen LogP contribution >= 0.6 is 0 Å². The molecule has 18 heavy (non-hydrogen) atoms. The molecule has 3 nitrogen and oxygen atoms in total. The second-order valence-corrected chi connectivity index (χ2v) is 4.32. The number of aromatic nitrogens is 1. The lowest BCUT2D eigenvalue weighted by Gasteiger charge is -2.09. The van der Waals surface area contributed by atoms with E-state index in [0.717, 1.165) is 18.1 Å². The number of nitrogens with one attached hydrogen (secondary N) is 3. The molecule has 0 saturated heterocycles. The lowest BCUT2D eigenvalue weighted by atomic mass is 10.0. The lowest BCUT2D eigenvalue weighted by molar-refractivity contribution is 0.772. The average molecular weight is 241 g/mol. The van der Waals surface area contributed by atoms with Crippen LogP contribution in [0.25, 0.3) is 11.6 Å². The Balaban J connectivity index is 2.44. The van der Waals surface area contributed by atoms with Gasteiger partial charge in [0.05, 0.1) is 6.67 Å². The fourth-order valence-electron chi connectivity index (χ4n) is 1.87. The Kier molecular flexibility index (Phi) is 3.72. The normalized spacial score (nSPS) is 24.7. The topological polar surface area (TPSA) is 39.8 Å². The fourth-order valence-corrected chi connectivity index (χ4v) is 1.87. The first kappa shape index (κ1) is 12.3. The summed E-state index contributed by atoms with van der Waals surface area (Å²) in [6, 6.07) is 4.11. The standard InChI is InChI=1S/C15H19N3/c1-4-13-5-6-15(18-13)14-9-17-10-16-8-7-11(2)12(14)3/h4-9,16-18H,1,10H2,2-3H3/b8-7-,12-11+,14-9+. The summed E-state index contributed by atoms with van der Waals surface area (Å²) in [6.07, 6.45) is 7.91. The zero-order valence-electron chi connectivity index (χ0n) is 10.9. The number of hydrogen-bond donors (Lipinski definition) is 3. The third kappa shape index (κ3) is 2.56. The number of rotatable bonds is 2. The molecule has 1 aromatic rings. The molecule has 0 aliphatic carbocycles. The van der Waals surface area contributed by atoms with Crippen LogP contribution in [0.1, 0.15) is 25.2 Å². The van der Waals surface area contributed by atoms with Crippen LogP contribution in [0.4, 0.5) is 0 Å². The van der Waals surface area contributed by atoms with Crippen LogP contribution in [-0.2, 0) is 0 Å². The van der Waals surface area contributed by atoms with Gasteiger partial charge in [-0.15, -0.1) is 0 Å². The maximum Gasteiger partial charge on any atom is 0.0840 e. The van der Waals surface area contributed by atoms with Crippen molar-refractivity contribution in [3.8, 4) is 0 Å². The molecule has 94 valence electrons. The van der Waals surface area contributed by atoms with Gasteiger partial charge in [0.25, 0.3) is 0 Å². The molecule has 3 N–H and O–H groups in total. The average Bonchev–Trinajstić information content (AvgIpc) is 2.86. The highest BCUT2D eigenvalue weighted by Gasteiger charge is 2.08. The van der Waals surface area contributed by atoms with Crippen molar-refractivity contribution in [1.82, 2.24) is 15.6 Å². The molecule has 0 aromatic carbocycles. The third-order valence-electron chi connectivity index (χ3n) is 3.12. The molecule has 1 aliphatic heterocycles. The Labute approximate surface area is 108 Å². The van der Waals surface area contributed by atoms with Gasteiger partial charge in [-0.3, -0.25) is 0 Å². The second kappa shape index (κ2) is 5.45. The Morgan fingerprint density at radius 2 is 2.06 bits per heavy atom. The SMILES string of the molecule is C=Cc1ccc(C2=C\NCN\C=C/C(C)=C/2C)[nH]1. The molecule has 0 bridgehead atoms. The van der Waals surface area contributed by atoms with Gasteiger partial charge >= 0.3 is 0 Å². The minimum atomic E-state index is 0.718. The minimum absolute atomic E-state index is 0.718. The highest BCUT2D eigenvalue weighted by atomic mass is 15.0. The Bertz CT molecular complexity index is 530. The molecular weight excluding hydrogens is 222 g/mol. The summed E-state index contributed by atoms with van der Waals surface area (Å²) in [5.41, 5.74) is 5.80. The molecule has 2 heterocycles. The van der Waals surface area contributed by atoms with E-state index in [1.807, 2.05) is 24.5 Å². The monoisotopic (exact) mass is 241 g/mol. The van der Waals surface area contributed by atoms with E-state index in [9.17, 15) is 0 Å². The van der Waals surface area contributed by atoms with Crippen LogP contribution in [0.5, 0.6) is 0 Å². The number of allylic oxidation sites excluding steroid dienone is 4. The third-order valence-corrected chi connectivity index (χ3v) is 3.12. The van der Waals surface area contributed by atoms with Crippen molar-refractivity contribution in [2.24, 2.45) is 0 Å². The van der Waals surface area contributed by atoms with Crippen molar-refractivity contribution in [3.63, 3.8) is 0 Å². The van der Waals surface area contributed by atoms with Gasteiger partial charge in [0.15, 0.2) is 0 Å². The number of aromatic amines is 1. The fraction of sp³-hybridized carbons (Fsp3) is 0.200. The minimum Gasteiger partial charge on any atom is -0.374 e. The van der Waals surface area contributed by atoms with Crippen LogP contribution in [0.3, 0.4) is 0 Å². The maximum absolute atomic E-state index is 3.77. The summed E-state index contributed by atoms with van der Waals surface area (Å²) in [5.74, 6) is 0. The van der Waals surface area contributed by atoms with Gasteiger partial charge in [-0.2, -0.15) is 0 Å². The van der Waals surface area contributed by atoms with Crippen LogP contribution < -0.4 is 10.6 Å². The number of H-pyrrole nitrogens is 1. The van der Waals surface area contributed by atoms with Crippen molar-refractivity contribution in [2.75, 3.05) is 6.67 Å². The summed E-state index contributed by atoms with van der Waals surface area (Å²) < 4.78 is 0. The Morgan fingerprint density at radius 3 is 2.78 bits per heavy atom. The van der Waals surface area contributed by atoms with E-state index in [2.05, 4.69) is 48.2 Å². The maximum atomic E-state index is 3.77. The van der Waals surface area contributed by atoms with Gasteiger partial charge in [-0.25, -0.2) is 0 Å². The molecule has 0 fully saturated rings. The number of hydrogen-bond acceptors (Lipinski definition) is 2. The highest BCUT2D eigenvalue weighted by molar-refractivity contribution is 5.78. The Morgan fingerprint density at radius 1 is 1.22 bits per heavy atom. The van der Waals surface area contributed by atoms with E-state index < -0.39 is 0 Å². The van der Waals surface area contributed by atoms with Crippen molar-refractivity contribution in [2.45, 2.75) is 13.8 Å². The highest BCUT2D eigenvalue weighted by Crippen LogP contribution is 2.25. The van der Waals surface area contributed by atoms with Crippen LogP contribution in [0, 0.1) is 0 Å². The van der Waals surface area contributed by atoms with Gasteiger partial charge in [-0.1, -0.05) is 6.58 Å². The zero-order valence-corrected chi connectivity index (χ0v) is 10.9. The van der Waals surface area contributed by atoms with Crippen molar-refractivity contribution < 1.29 is 0 Å². The van der Waals surface area contributed by atoms with E-state index >= 15 is 0 Å². The van der Waals surface area contributed by atoms with E-state index in [1.54, 1.807) is 0 Å². The first-order valence-electron chi connectivity index (χ1n) is 6.05. The van der Waals surface area contributed by atoms with Crippen molar-refractivity contribution in [1.29, 1.82) is 0 Å². The molecule has 0 unspecified atom stereocenters. The van der Waals surface area contributed by atoms with E-state index in [-0.39, 0.29) is 0 Å². The first-order valence-corrected chi connectivity index (χ1v) is 6.05. The predicted molar refractivity (Wildman–Crippen MR) is 77.5 cm³/mol. The van der Waals surface area contributed by atoms with Crippen LogP contribution in [0.2, 0.25) is 0 Å². The quantitative estimate of drug-likeness (QED) is 0.745. The predicted octanol–water partition coefficient (Wildman–Crippen LogP) is 3.00. The van der Waals surface area contributed by atoms with E-state index in [4.69, 9.17) is 0 Å². The van der Waals surface area contributed by atoms with Crippen LogP contribution in [0.15, 0.2) is 48.3 Å². The molecule has 3 heteroatoms. The molecule has 0 atom stereocenters. The van der Waals surface area contributed by atoms with Gasteiger partial charge < -0.3 is 15.6 Å². The molecule has 0 amide bonds. The summed E-state index contributed by atoms with van der Waals surface area (Å²) in [7, 11) is 0. The lowest BCUT2D eigenvalue weighted by Crippen LogP contribution is -2.20. The molecule has 1 aliphatic rings. The summed E-state index contributed by atoms with van der Waals surface area (Å²) >= 11 is 0. The van der Waals surface area contributed by atoms with E-state index in [1.165, 1.54) is 16.7 Å². The summed E-state index contributed by atoms with van der Waals surface area (Å²) in [4.78, 5) is 3.35. The largest absolute Gasteiger partial charge is 0.374 e. The molecule has 1 aromatic heterocycles. The van der Waals surface area contributed by atoms with Crippen molar-refractivity contribution in [3.05, 3.63) is 59.7 Å². The van der Waals surface area contributed by atoms with Gasteiger partial charge in [0, 0.05) is 23.2 Å². The van der Waals surface area contributed by atoms with Crippen LogP contribution in [-0.4, -0.2) is 11.7 Å². The van der Waals surface area contributed by atoms with Gasteiger partial charge in [-0.05, 0) is 55.5 Å². The van der Waals surface area contributed by atoms with Crippen molar-refractivity contribution >= 4 is 11.6 Å². The molecular formula is C15H19N3. The first-order chi connectivity index (χ1) is 8.72. The Hall–Kier alpha value is -2.16. The van der Waals surface area contributed by atoms with Gasteiger partial charge in [0.1, 0.15) is 0 Å². The molecule has 0 saturated carbocycles.